The lowest BCUT2D eigenvalue weighted by molar-refractivity contribution is 0.174. The van der Waals surface area contributed by atoms with Crippen molar-refractivity contribution in [2.24, 2.45) is 0 Å². The molecule has 0 radical (unpaired) electrons. The maximum atomic E-state index is 14.0. The van der Waals surface area contributed by atoms with Crippen LogP contribution in [-0.4, -0.2) is 13.9 Å². The zero-order chi connectivity index (χ0) is 20.2. The van der Waals surface area contributed by atoms with E-state index in [1.54, 1.807) is 25.3 Å². The number of benzene rings is 3. The van der Waals surface area contributed by atoms with Crippen LogP contribution >= 0.6 is 15.9 Å². The first-order chi connectivity index (χ1) is 14.2. The van der Waals surface area contributed by atoms with Crippen LogP contribution in [-0.2, 0) is 13.2 Å². The van der Waals surface area contributed by atoms with Gasteiger partial charge in [-0.1, -0.05) is 34.1 Å². The summed E-state index contributed by atoms with van der Waals surface area (Å²) in [6, 6.07) is 15.9. The van der Waals surface area contributed by atoms with E-state index in [1.165, 1.54) is 6.07 Å². The molecule has 0 atom stereocenters. The molecule has 7 heteroatoms. The van der Waals surface area contributed by atoms with E-state index in [-0.39, 0.29) is 19.2 Å². The summed E-state index contributed by atoms with van der Waals surface area (Å²) in [5, 5.41) is 3.36. The lowest BCUT2D eigenvalue weighted by atomic mass is 10.1. The fourth-order valence-electron chi connectivity index (χ4n) is 3.03. The molecule has 3 aromatic rings. The molecule has 3 aromatic carbocycles. The van der Waals surface area contributed by atoms with Gasteiger partial charge in [-0.15, -0.1) is 0 Å². The predicted molar refractivity (Wildman–Crippen MR) is 111 cm³/mol. The summed E-state index contributed by atoms with van der Waals surface area (Å²) in [5.41, 5.74) is 2.21. The molecule has 1 heterocycles. The highest BCUT2D eigenvalue weighted by Gasteiger charge is 2.17. The first kappa shape index (κ1) is 19.4. The van der Waals surface area contributed by atoms with Gasteiger partial charge < -0.3 is 24.3 Å². The highest BCUT2D eigenvalue weighted by Crippen LogP contribution is 2.38. The molecule has 5 nitrogen and oxygen atoms in total. The van der Waals surface area contributed by atoms with Crippen LogP contribution in [0.5, 0.6) is 23.0 Å². The lowest BCUT2D eigenvalue weighted by Crippen LogP contribution is -2.07. The zero-order valence-electron chi connectivity index (χ0n) is 15.7. The Kier molecular flexibility index (Phi) is 5.76. The molecule has 1 aliphatic rings. The number of fused-ring (bicyclic) bond motifs is 1. The molecule has 0 aromatic heterocycles. The number of hydrogen-bond acceptors (Lipinski definition) is 5. The third kappa shape index (κ3) is 4.24. The van der Waals surface area contributed by atoms with Crippen LogP contribution in [0.25, 0.3) is 0 Å². The molecule has 0 unspecified atom stereocenters. The minimum atomic E-state index is -0.304. The Labute approximate surface area is 176 Å². The van der Waals surface area contributed by atoms with E-state index < -0.39 is 0 Å². The summed E-state index contributed by atoms with van der Waals surface area (Å²) in [7, 11) is 1.58. The molecule has 0 bridgehead atoms. The van der Waals surface area contributed by atoms with Crippen LogP contribution in [0.1, 0.15) is 11.1 Å². The Morgan fingerprint density at radius 2 is 1.90 bits per heavy atom. The summed E-state index contributed by atoms with van der Waals surface area (Å²) < 4.78 is 37.1. The van der Waals surface area contributed by atoms with E-state index >= 15 is 0 Å². The third-order valence-corrected chi connectivity index (χ3v) is 5.30. The first-order valence-electron chi connectivity index (χ1n) is 9.01. The van der Waals surface area contributed by atoms with E-state index in [9.17, 15) is 4.39 Å². The number of ether oxygens (including phenoxy) is 4. The summed E-state index contributed by atoms with van der Waals surface area (Å²) in [4.78, 5) is 0. The smallest absolute Gasteiger partial charge is 0.231 e. The highest BCUT2D eigenvalue weighted by molar-refractivity contribution is 9.10. The Morgan fingerprint density at radius 3 is 2.72 bits per heavy atom. The second-order valence-corrected chi connectivity index (χ2v) is 7.21. The van der Waals surface area contributed by atoms with Crippen molar-refractivity contribution in [1.29, 1.82) is 0 Å². The maximum absolute atomic E-state index is 14.0. The van der Waals surface area contributed by atoms with Crippen molar-refractivity contribution in [3.8, 4) is 23.0 Å². The summed E-state index contributed by atoms with van der Waals surface area (Å²) in [6.45, 7) is 0.787. The summed E-state index contributed by atoms with van der Waals surface area (Å²) in [5.74, 6) is 2.26. The number of hydrogen-bond donors (Lipinski definition) is 1. The van der Waals surface area contributed by atoms with Crippen LogP contribution < -0.4 is 24.3 Å². The molecule has 0 amide bonds. The Morgan fingerprint density at radius 1 is 1.07 bits per heavy atom. The van der Waals surface area contributed by atoms with Crippen LogP contribution in [0.2, 0.25) is 0 Å². The lowest BCUT2D eigenvalue weighted by Gasteiger charge is -2.18. The van der Waals surface area contributed by atoms with Crippen molar-refractivity contribution >= 4 is 21.6 Å². The molecule has 1 aliphatic heterocycles. The topological polar surface area (TPSA) is 49.0 Å². The van der Waals surface area contributed by atoms with E-state index in [1.807, 2.05) is 30.3 Å². The van der Waals surface area contributed by atoms with Crippen molar-refractivity contribution in [3.05, 3.63) is 76.0 Å². The van der Waals surface area contributed by atoms with Gasteiger partial charge >= 0.3 is 0 Å². The van der Waals surface area contributed by atoms with Gasteiger partial charge in [0.1, 0.15) is 12.4 Å². The molecular weight excluding hydrogens is 441 g/mol. The molecule has 0 saturated heterocycles. The SMILES string of the molecule is COc1ccc(Br)c(CNc2ccc3c(c2)OCO3)c1OCc1ccccc1F. The van der Waals surface area contributed by atoms with Gasteiger partial charge in [-0.2, -0.15) is 0 Å². The Hall–Kier alpha value is -2.93. The Balaban J connectivity index is 1.56. The third-order valence-electron chi connectivity index (χ3n) is 4.56. The van der Waals surface area contributed by atoms with Crippen LogP contribution in [0.3, 0.4) is 0 Å². The van der Waals surface area contributed by atoms with Gasteiger partial charge in [0.25, 0.3) is 0 Å². The number of rotatable bonds is 7. The minimum Gasteiger partial charge on any atom is -0.493 e. The molecule has 0 saturated carbocycles. The van der Waals surface area contributed by atoms with Crippen LogP contribution in [0, 0.1) is 5.82 Å². The van der Waals surface area contributed by atoms with Gasteiger partial charge in [-0.05, 0) is 30.3 Å². The quantitative estimate of drug-likeness (QED) is 0.504. The summed E-state index contributed by atoms with van der Waals surface area (Å²) in [6.07, 6.45) is 0. The van der Waals surface area contributed by atoms with Crippen molar-refractivity contribution in [2.45, 2.75) is 13.2 Å². The minimum absolute atomic E-state index is 0.0938. The average Bonchev–Trinajstić information content (AvgIpc) is 3.20. The van der Waals surface area contributed by atoms with E-state index in [4.69, 9.17) is 18.9 Å². The first-order valence-corrected chi connectivity index (χ1v) is 9.80. The van der Waals surface area contributed by atoms with Crippen molar-refractivity contribution < 1.29 is 23.3 Å². The maximum Gasteiger partial charge on any atom is 0.231 e. The van der Waals surface area contributed by atoms with E-state index in [0.29, 0.717) is 29.4 Å². The van der Waals surface area contributed by atoms with E-state index in [2.05, 4.69) is 21.2 Å². The second kappa shape index (κ2) is 8.61. The number of halogens is 2. The molecule has 0 fully saturated rings. The fraction of sp³-hybridized carbons (Fsp3) is 0.182. The van der Waals surface area contributed by atoms with E-state index in [0.717, 1.165) is 21.5 Å². The molecule has 0 spiro atoms. The van der Waals surface area contributed by atoms with Crippen molar-refractivity contribution in [1.82, 2.24) is 0 Å². The van der Waals surface area contributed by atoms with Crippen LogP contribution in [0.4, 0.5) is 10.1 Å². The molecule has 1 N–H and O–H groups in total. The standard InChI is InChI=1S/C22H19BrFNO4/c1-26-20-9-7-17(23)16(22(20)27-12-14-4-2-3-5-18(14)24)11-25-15-6-8-19-21(10-15)29-13-28-19/h2-10,25H,11-13H2,1H3. The summed E-state index contributed by atoms with van der Waals surface area (Å²) >= 11 is 3.58. The highest BCUT2D eigenvalue weighted by atomic mass is 79.9. The van der Waals surface area contributed by atoms with Crippen molar-refractivity contribution in [3.63, 3.8) is 0 Å². The van der Waals surface area contributed by atoms with Gasteiger partial charge in [0, 0.05) is 33.9 Å². The molecule has 0 aliphatic carbocycles. The zero-order valence-corrected chi connectivity index (χ0v) is 17.3. The largest absolute Gasteiger partial charge is 0.493 e. The van der Waals surface area contributed by atoms with Gasteiger partial charge in [-0.25, -0.2) is 4.39 Å². The van der Waals surface area contributed by atoms with Gasteiger partial charge in [0.05, 0.1) is 7.11 Å². The monoisotopic (exact) mass is 459 g/mol. The number of nitrogens with one attached hydrogen (secondary N) is 1. The van der Waals surface area contributed by atoms with Crippen molar-refractivity contribution in [2.75, 3.05) is 19.2 Å². The fourth-order valence-corrected chi connectivity index (χ4v) is 3.48. The van der Waals surface area contributed by atoms with Gasteiger partial charge in [0.2, 0.25) is 6.79 Å². The number of anilines is 1. The normalized spacial score (nSPS) is 12.0. The number of methoxy groups -OCH3 is 1. The average molecular weight is 460 g/mol. The van der Waals surface area contributed by atoms with Crippen LogP contribution in [0.15, 0.2) is 59.1 Å². The molecule has 150 valence electrons. The molecule has 4 rings (SSSR count). The van der Waals surface area contributed by atoms with Gasteiger partial charge in [0.15, 0.2) is 23.0 Å². The molecule has 29 heavy (non-hydrogen) atoms. The second-order valence-electron chi connectivity index (χ2n) is 6.36. The Bertz CT molecular complexity index is 1030. The van der Waals surface area contributed by atoms with Gasteiger partial charge in [-0.3, -0.25) is 0 Å². The predicted octanol–water partition coefficient (Wildman–Crippen LogP) is 5.52. The molecular formula is C22H19BrFNO4.